The summed E-state index contributed by atoms with van der Waals surface area (Å²) in [4.78, 5) is 13.3. The number of fused-ring (bicyclic) bond motifs is 1. The molecule has 1 aromatic carbocycles. The maximum absolute atomic E-state index is 10.8. The highest BCUT2D eigenvalue weighted by molar-refractivity contribution is 5.92. The monoisotopic (exact) mass is 227 g/mol. The summed E-state index contributed by atoms with van der Waals surface area (Å²) in [6.45, 7) is 5.61. The normalized spacial score (nSPS) is 10.1. The maximum Gasteiger partial charge on any atom is 0.287 e. The van der Waals surface area contributed by atoms with Gasteiger partial charge in [-0.25, -0.2) is 0 Å². The number of nitro benzene ring substituents is 1. The Labute approximate surface area is 97.1 Å². The lowest BCUT2D eigenvalue weighted by atomic mass is 10.1. The number of nitrogens with one attached hydrogen (secondary N) is 1. The molecule has 0 spiro atoms. The minimum Gasteiger partial charge on any atom is -0.355 e. The molecule has 5 nitrogen and oxygen atoms in total. The van der Waals surface area contributed by atoms with Crippen LogP contribution in [0.4, 0.5) is 5.69 Å². The first kappa shape index (κ1) is 10.9. The molecule has 1 heterocycles. The third-order valence-electron chi connectivity index (χ3n) is 2.55. The first-order valence-electron chi connectivity index (χ1n) is 4.90. The number of nitrogens with zero attached hydrogens (tertiary/aromatic N) is 2. The highest BCUT2D eigenvalue weighted by atomic mass is 16.6. The van der Waals surface area contributed by atoms with Gasteiger partial charge < -0.3 is 4.98 Å². The summed E-state index contributed by atoms with van der Waals surface area (Å²) in [6, 6.07) is 6.52. The van der Waals surface area contributed by atoms with Crippen molar-refractivity contribution in [1.82, 2.24) is 4.98 Å². The van der Waals surface area contributed by atoms with E-state index in [1.807, 2.05) is 13.0 Å². The molecule has 84 valence electrons. The van der Waals surface area contributed by atoms with Crippen LogP contribution in [0.1, 0.15) is 18.2 Å². The number of rotatable bonds is 2. The van der Waals surface area contributed by atoms with Crippen molar-refractivity contribution in [2.24, 2.45) is 0 Å². The molecule has 0 saturated heterocycles. The lowest BCUT2D eigenvalue weighted by molar-refractivity contribution is -0.385. The van der Waals surface area contributed by atoms with Crippen molar-refractivity contribution >= 4 is 22.2 Å². The predicted molar refractivity (Wildman–Crippen MR) is 64.4 cm³/mol. The van der Waals surface area contributed by atoms with E-state index < -0.39 is 4.92 Å². The minimum atomic E-state index is -0.550. The topological polar surface area (TPSA) is 82.7 Å². The van der Waals surface area contributed by atoms with Gasteiger partial charge in [0.1, 0.15) is 11.6 Å². The van der Waals surface area contributed by atoms with Crippen molar-refractivity contribution in [2.45, 2.75) is 6.92 Å². The molecule has 0 aliphatic carbocycles. The van der Waals surface area contributed by atoms with E-state index >= 15 is 0 Å². The van der Waals surface area contributed by atoms with Crippen LogP contribution in [-0.4, -0.2) is 9.91 Å². The van der Waals surface area contributed by atoms with Crippen molar-refractivity contribution in [2.75, 3.05) is 0 Å². The minimum absolute atomic E-state index is 0.0799. The van der Waals surface area contributed by atoms with Crippen molar-refractivity contribution in [3.63, 3.8) is 0 Å². The zero-order valence-corrected chi connectivity index (χ0v) is 9.15. The number of aromatic nitrogens is 1. The van der Waals surface area contributed by atoms with Crippen molar-refractivity contribution in [1.29, 1.82) is 5.26 Å². The Balaban J connectivity index is 2.82. The summed E-state index contributed by atoms with van der Waals surface area (Å²) in [5.74, 6) is 0. The summed E-state index contributed by atoms with van der Waals surface area (Å²) >= 11 is 0. The summed E-state index contributed by atoms with van der Waals surface area (Å²) in [7, 11) is 0. The molecular weight excluding hydrogens is 218 g/mol. The molecule has 0 fully saturated rings. The van der Waals surface area contributed by atoms with Crippen LogP contribution in [0.5, 0.6) is 0 Å². The molecule has 0 aliphatic rings. The number of benzene rings is 1. The molecule has 0 saturated carbocycles. The van der Waals surface area contributed by atoms with Crippen molar-refractivity contribution in [3.8, 4) is 6.07 Å². The zero-order valence-electron chi connectivity index (χ0n) is 9.15. The molecule has 0 unspecified atom stereocenters. The first-order chi connectivity index (χ1) is 8.04. The molecule has 0 aliphatic heterocycles. The number of nitro groups is 1. The summed E-state index contributed by atoms with van der Waals surface area (Å²) in [5.41, 5.74) is 2.19. The predicted octanol–water partition coefficient (Wildman–Crippen LogP) is 2.98. The molecule has 1 aromatic heterocycles. The van der Waals surface area contributed by atoms with E-state index in [-0.39, 0.29) is 11.3 Å². The molecule has 1 N–H and O–H groups in total. The fraction of sp³-hybridized carbons (Fsp3) is 0.0833. The fourth-order valence-electron chi connectivity index (χ4n) is 1.69. The van der Waals surface area contributed by atoms with Crippen LogP contribution < -0.4 is 0 Å². The van der Waals surface area contributed by atoms with Gasteiger partial charge in [-0.15, -0.1) is 0 Å². The van der Waals surface area contributed by atoms with Crippen LogP contribution in [-0.2, 0) is 0 Å². The van der Waals surface area contributed by atoms with Gasteiger partial charge in [0.05, 0.1) is 4.92 Å². The Kier molecular flexibility index (Phi) is 2.41. The first-order valence-corrected chi connectivity index (χ1v) is 4.90. The van der Waals surface area contributed by atoms with Gasteiger partial charge in [0.15, 0.2) is 0 Å². The Bertz CT molecular complexity index is 677. The number of aromatic amines is 1. The highest BCUT2D eigenvalue weighted by Gasteiger charge is 2.18. The van der Waals surface area contributed by atoms with E-state index in [0.29, 0.717) is 10.9 Å². The van der Waals surface area contributed by atoms with Gasteiger partial charge in [-0.2, -0.15) is 5.26 Å². The van der Waals surface area contributed by atoms with E-state index in [9.17, 15) is 10.1 Å². The van der Waals surface area contributed by atoms with Crippen LogP contribution in [0, 0.1) is 21.4 Å². The Morgan fingerprint density at radius 2 is 2.29 bits per heavy atom. The van der Waals surface area contributed by atoms with Gasteiger partial charge in [-0.1, -0.05) is 6.58 Å². The largest absolute Gasteiger partial charge is 0.355 e. The van der Waals surface area contributed by atoms with Crippen LogP contribution in [0.2, 0.25) is 0 Å². The average Bonchev–Trinajstić information content (AvgIpc) is 2.70. The van der Waals surface area contributed by atoms with E-state index in [0.717, 1.165) is 11.3 Å². The van der Waals surface area contributed by atoms with E-state index in [2.05, 4.69) is 11.6 Å². The van der Waals surface area contributed by atoms with Gasteiger partial charge >= 0.3 is 0 Å². The fourth-order valence-corrected chi connectivity index (χ4v) is 1.69. The maximum atomic E-state index is 10.8. The molecule has 0 bridgehead atoms. The SMILES string of the molecule is C=C(C)c1cc2c(C#N)c([N+](=O)[O-])ccc2[nH]1. The van der Waals surface area contributed by atoms with Crippen molar-refractivity contribution in [3.05, 3.63) is 46.1 Å². The molecule has 17 heavy (non-hydrogen) atoms. The molecule has 0 amide bonds. The second-order valence-electron chi connectivity index (χ2n) is 3.75. The zero-order chi connectivity index (χ0) is 12.6. The smallest absolute Gasteiger partial charge is 0.287 e. The molecular formula is C12H9N3O2. The van der Waals surface area contributed by atoms with Gasteiger partial charge in [-0.05, 0) is 24.6 Å². The Morgan fingerprint density at radius 3 is 2.82 bits per heavy atom. The highest BCUT2D eigenvalue weighted by Crippen LogP contribution is 2.29. The lowest BCUT2D eigenvalue weighted by Crippen LogP contribution is -1.92. The molecule has 0 radical (unpaired) electrons. The number of H-pyrrole nitrogens is 1. The van der Waals surface area contributed by atoms with E-state index in [1.54, 1.807) is 12.1 Å². The van der Waals surface area contributed by atoms with Gasteiger partial charge in [0.2, 0.25) is 0 Å². The van der Waals surface area contributed by atoms with Crippen LogP contribution in [0.3, 0.4) is 0 Å². The second kappa shape index (κ2) is 3.76. The van der Waals surface area contributed by atoms with E-state index in [4.69, 9.17) is 5.26 Å². The van der Waals surface area contributed by atoms with Crippen LogP contribution in [0.15, 0.2) is 24.8 Å². The number of allylic oxidation sites excluding steroid dienone is 1. The number of nitriles is 1. The van der Waals surface area contributed by atoms with Gasteiger partial charge in [0, 0.05) is 22.7 Å². The quantitative estimate of drug-likeness (QED) is 0.632. The van der Waals surface area contributed by atoms with Gasteiger partial charge in [0.25, 0.3) is 5.69 Å². The van der Waals surface area contributed by atoms with Gasteiger partial charge in [-0.3, -0.25) is 10.1 Å². The second-order valence-corrected chi connectivity index (χ2v) is 3.75. The molecule has 5 heteroatoms. The molecule has 0 atom stereocenters. The average molecular weight is 227 g/mol. The summed E-state index contributed by atoms with van der Waals surface area (Å²) in [6.07, 6.45) is 0. The van der Waals surface area contributed by atoms with Crippen molar-refractivity contribution < 1.29 is 4.92 Å². The van der Waals surface area contributed by atoms with Crippen LogP contribution >= 0.6 is 0 Å². The molecule has 2 aromatic rings. The number of hydrogen-bond acceptors (Lipinski definition) is 3. The Hall–Kier alpha value is -2.61. The summed E-state index contributed by atoms with van der Waals surface area (Å²) < 4.78 is 0. The summed E-state index contributed by atoms with van der Waals surface area (Å²) in [5, 5.41) is 20.4. The Morgan fingerprint density at radius 1 is 1.59 bits per heavy atom. The lowest BCUT2D eigenvalue weighted by Gasteiger charge is -1.95. The molecule has 2 rings (SSSR count). The van der Waals surface area contributed by atoms with E-state index in [1.165, 1.54) is 6.07 Å². The van der Waals surface area contributed by atoms with Crippen LogP contribution in [0.25, 0.3) is 16.5 Å². The third-order valence-corrected chi connectivity index (χ3v) is 2.55. The standard InChI is InChI=1S/C12H9N3O2/c1-7(2)11-5-8-9(6-13)12(15(16)17)4-3-10(8)14-11/h3-5,14H,1H2,2H3. The third kappa shape index (κ3) is 1.66. The number of hydrogen-bond donors (Lipinski definition) is 1.